The molecular weight excluding hydrogens is 152 g/mol. The van der Waals surface area contributed by atoms with Gasteiger partial charge in [-0.15, -0.1) is 0 Å². The third-order valence-electron chi connectivity index (χ3n) is 0.440. The first kappa shape index (κ1) is 8.20. The van der Waals surface area contributed by atoms with Gasteiger partial charge < -0.3 is 5.11 Å². The zero-order valence-electron chi connectivity index (χ0n) is 4.33. The second kappa shape index (κ2) is 2.66. The van der Waals surface area contributed by atoms with Gasteiger partial charge in [0.25, 0.3) is 0 Å². The van der Waals surface area contributed by atoms with Gasteiger partial charge in [-0.1, -0.05) is 0 Å². The summed E-state index contributed by atoms with van der Waals surface area (Å²) in [4.78, 5) is 0. The maximum absolute atomic E-state index is 10.0. The van der Waals surface area contributed by atoms with E-state index in [-0.39, 0.29) is 5.75 Å². The normalized spacial score (nSPS) is 15.9. The first-order valence-corrected chi connectivity index (χ1v) is 4.50. The molecule has 0 radical (unpaired) electrons. The van der Waals surface area contributed by atoms with E-state index in [1.165, 1.54) is 6.92 Å². The molecule has 50 valence electrons. The van der Waals surface area contributed by atoms with E-state index in [0.717, 1.165) is 0 Å². The van der Waals surface area contributed by atoms with Crippen molar-refractivity contribution in [1.82, 2.24) is 0 Å². The Morgan fingerprint density at radius 2 is 2.12 bits per heavy atom. The van der Waals surface area contributed by atoms with Crippen LogP contribution in [0.1, 0.15) is 6.92 Å². The van der Waals surface area contributed by atoms with Crippen LogP contribution >= 0.6 is 10.7 Å². The molecule has 0 aliphatic heterocycles. The summed E-state index contributed by atoms with van der Waals surface area (Å²) >= 11 is 0. The number of aliphatic hydroxyl groups excluding tert-OH is 1. The molecule has 8 heavy (non-hydrogen) atoms. The van der Waals surface area contributed by atoms with E-state index in [2.05, 4.69) is 0 Å². The van der Waals surface area contributed by atoms with Gasteiger partial charge in [-0.2, -0.15) is 0 Å². The number of rotatable bonds is 2. The summed E-state index contributed by atoms with van der Waals surface area (Å²) in [6, 6.07) is 0. The van der Waals surface area contributed by atoms with Crippen LogP contribution in [0.4, 0.5) is 0 Å². The summed E-state index contributed by atoms with van der Waals surface area (Å²) in [5.41, 5.74) is 0. The quantitative estimate of drug-likeness (QED) is 0.573. The average Bonchev–Trinajstić information content (AvgIpc) is 1.21. The Hall–Kier alpha value is 0.200. The molecule has 0 bridgehead atoms. The molecule has 1 atom stereocenters. The molecule has 0 aromatic rings. The summed E-state index contributed by atoms with van der Waals surface area (Å²) in [6.07, 6.45) is -0.877. The topological polar surface area (TPSA) is 54.4 Å². The summed E-state index contributed by atoms with van der Waals surface area (Å²) < 4.78 is 20.1. The zero-order chi connectivity index (χ0) is 6.78. The molecule has 0 amide bonds. The van der Waals surface area contributed by atoms with E-state index in [0.29, 0.717) is 0 Å². The highest BCUT2D eigenvalue weighted by Gasteiger charge is 2.08. The Morgan fingerprint density at radius 3 is 2.12 bits per heavy atom. The minimum absolute atomic E-state index is 0.380. The van der Waals surface area contributed by atoms with Crippen LogP contribution in [-0.2, 0) is 9.05 Å². The minimum atomic E-state index is -3.50. The van der Waals surface area contributed by atoms with Crippen molar-refractivity contribution in [3.8, 4) is 0 Å². The molecule has 3 nitrogen and oxygen atoms in total. The van der Waals surface area contributed by atoms with Crippen LogP contribution in [0.2, 0.25) is 0 Å². The molecule has 1 N–H and O–H groups in total. The van der Waals surface area contributed by atoms with Gasteiger partial charge in [-0.25, -0.2) is 8.42 Å². The van der Waals surface area contributed by atoms with Crippen LogP contribution in [0.25, 0.3) is 0 Å². The van der Waals surface area contributed by atoms with Crippen LogP contribution in [0.15, 0.2) is 0 Å². The molecule has 0 saturated carbocycles. The molecule has 0 heterocycles. The van der Waals surface area contributed by atoms with Gasteiger partial charge in [0, 0.05) is 10.7 Å². The van der Waals surface area contributed by atoms with Crippen molar-refractivity contribution in [2.24, 2.45) is 0 Å². The van der Waals surface area contributed by atoms with Gasteiger partial charge in [0.2, 0.25) is 9.05 Å². The predicted octanol–water partition coefficient (Wildman–Crippen LogP) is -0.0642. The maximum Gasteiger partial charge on any atom is 0.235 e. The molecule has 0 aliphatic rings. The SMILES string of the molecule is C[C@H](O)CS(=O)(=O)Cl. The van der Waals surface area contributed by atoms with Crippen LogP contribution in [-0.4, -0.2) is 25.4 Å². The summed E-state index contributed by atoms with van der Waals surface area (Å²) in [5, 5.41) is 8.42. The van der Waals surface area contributed by atoms with Crippen molar-refractivity contribution in [1.29, 1.82) is 0 Å². The van der Waals surface area contributed by atoms with Crippen LogP contribution in [0.5, 0.6) is 0 Å². The second-order valence-corrected chi connectivity index (χ2v) is 4.38. The molecule has 0 spiro atoms. The Bertz CT molecular complexity index is 148. The fraction of sp³-hybridized carbons (Fsp3) is 1.00. The van der Waals surface area contributed by atoms with E-state index in [4.69, 9.17) is 15.8 Å². The summed E-state index contributed by atoms with van der Waals surface area (Å²) in [5.74, 6) is -0.380. The molecule has 5 heteroatoms. The molecular formula is C3H7ClO3S. The van der Waals surface area contributed by atoms with Crippen molar-refractivity contribution in [2.75, 3.05) is 5.75 Å². The van der Waals surface area contributed by atoms with Gasteiger partial charge in [0.1, 0.15) is 0 Å². The van der Waals surface area contributed by atoms with Gasteiger partial charge in [0.05, 0.1) is 11.9 Å². The molecule has 0 unspecified atom stereocenters. The molecule has 0 rings (SSSR count). The monoisotopic (exact) mass is 158 g/mol. The van der Waals surface area contributed by atoms with Gasteiger partial charge in [-0.05, 0) is 6.92 Å². The lowest BCUT2D eigenvalue weighted by atomic mass is 10.5. The number of halogens is 1. The van der Waals surface area contributed by atoms with Gasteiger partial charge in [0.15, 0.2) is 0 Å². The van der Waals surface area contributed by atoms with Crippen molar-refractivity contribution in [3.63, 3.8) is 0 Å². The van der Waals surface area contributed by atoms with E-state index in [1.807, 2.05) is 0 Å². The van der Waals surface area contributed by atoms with E-state index in [9.17, 15) is 8.42 Å². The minimum Gasteiger partial charge on any atom is -0.392 e. The first-order chi connectivity index (χ1) is 3.42. The van der Waals surface area contributed by atoms with Crippen molar-refractivity contribution < 1.29 is 13.5 Å². The van der Waals surface area contributed by atoms with E-state index in [1.54, 1.807) is 0 Å². The van der Waals surface area contributed by atoms with Crippen LogP contribution in [0.3, 0.4) is 0 Å². The van der Waals surface area contributed by atoms with Crippen LogP contribution < -0.4 is 0 Å². The highest BCUT2D eigenvalue weighted by atomic mass is 35.7. The van der Waals surface area contributed by atoms with Gasteiger partial charge >= 0.3 is 0 Å². The average molecular weight is 159 g/mol. The maximum atomic E-state index is 10.0. The van der Waals surface area contributed by atoms with Crippen molar-refractivity contribution in [2.45, 2.75) is 13.0 Å². The van der Waals surface area contributed by atoms with Crippen molar-refractivity contribution >= 4 is 19.7 Å². The number of hydrogen-bond acceptors (Lipinski definition) is 3. The zero-order valence-corrected chi connectivity index (χ0v) is 5.91. The van der Waals surface area contributed by atoms with E-state index >= 15 is 0 Å². The lowest BCUT2D eigenvalue weighted by molar-refractivity contribution is 0.218. The summed E-state index contributed by atoms with van der Waals surface area (Å²) in [7, 11) is 1.24. The lowest BCUT2D eigenvalue weighted by Crippen LogP contribution is -2.12. The molecule has 0 aromatic heterocycles. The largest absolute Gasteiger partial charge is 0.392 e. The number of hydrogen-bond donors (Lipinski definition) is 1. The Balaban J connectivity index is 3.75. The Kier molecular flexibility index (Phi) is 2.73. The molecule has 0 aliphatic carbocycles. The van der Waals surface area contributed by atoms with Crippen molar-refractivity contribution in [3.05, 3.63) is 0 Å². The second-order valence-electron chi connectivity index (χ2n) is 1.55. The Labute approximate surface area is 52.7 Å². The fourth-order valence-corrected chi connectivity index (χ4v) is 1.41. The molecule has 0 fully saturated rings. The van der Waals surface area contributed by atoms with E-state index < -0.39 is 15.2 Å². The lowest BCUT2D eigenvalue weighted by Gasteiger charge is -1.96. The van der Waals surface area contributed by atoms with Gasteiger partial charge in [-0.3, -0.25) is 0 Å². The molecule has 0 saturated heterocycles. The smallest absolute Gasteiger partial charge is 0.235 e. The molecule has 0 aromatic carbocycles. The third kappa shape index (κ3) is 6.20. The highest BCUT2D eigenvalue weighted by Crippen LogP contribution is 1.97. The Morgan fingerprint density at radius 1 is 1.75 bits per heavy atom. The fourth-order valence-electron chi connectivity index (χ4n) is 0.288. The number of aliphatic hydroxyl groups is 1. The van der Waals surface area contributed by atoms with Crippen LogP contribution in [0, 0.1) is 0 Å². The predicted molar refractivity (Wildman–Crippen MR) is 31.3 cm³/mol. The standard InChI is InChI=1S/C3H7ClO3S/c1-3(5)2-8(4,6)7/h3,5H,2H2,1H3/t3-/m0/s1. The first-order valence-electron chi connectivity index (χ1n) is 2.02. The highest BCUT2D eigenvalue weighted by molar-refractivity contribution is 8.13. The third-order valence-corrected chi connectivity index (χ3v) is 1.70. The summed E-state index contributed by atoms with van der Waals surface area (Å²) in [6.45, 7) is 1.36.